The van der Waals surface area contributed by atoms with E-state index in [9.17, 15) is 0 Å². The fourth-order valence-corrected chi connectivity index (χ4v) is 0.770. The Balaban J connectivity index is 3.36. The molecule has 0 saturated carbocycles. The molecule has 0 aromatic heterocycles. The molecule has 0 aliphatic heterocycles. The second kappa shape index (κ2) is 5.32. The molecule has 0 aliphatic rings. The first-order chi connectivity index (χ1) is 4.66. The predicted molar refractivity (Wildman–Crippen MR) is 45.8 cm³/mol. The SMILES string of the molecule is CC#CC(C)CCN(C)C. The van der Waals surface area contributed by atoms with Crippen LogP contribution in [-0.4, -0.2) is 25.5 Å². The van der Waals surface area contributed by atoms with Crippen molar-refractivity contribution in [1.29, 1.82) is 0 Å². The van der Waals surface area contributed by atoms with Crippen molar-refractivity contribution in [2.75, 3.05) is 20.6 Å². The lowest BCUT2D eigenvalue weighted by atomic mass is 10.1. The summed E-state index contributed by atoms with van der Waals surface area (Å²) < 4.78 is 0. The molecule has 0 heterocycles. The average molecular weight is 139 g/mol. The molecule has 58 valence electrons. The van der Waals surface area contributed by atoms with Crippen LogP contribution in [0.1, 0.15) is 20.3 Å². The van der Waals surface area contributed by atoms with Gasteiger partial charge in [0.2, 0.25) is 0 Å². The Hall–Kier alpha value is -0.480. The van der Waals surface area contributed by atoms with E-state index >= 15 is 0 Å². The monoisotopic (exact) mass is 139 g/mol. The van der Waals surface area contributed by atoms with Gasteiger partial charge in [-0.15, -0.1) is 11.8 Å². The van der Waals surface area contributed by atoms with Gasteiger partial charge in [-0.1, -0.05) is 6.92 Å². The molecule has 1 atom stereocenters. The maximum absolute atomic E-state index is 3.12. The smallest absolute Gasteiger partial charge is 0.0186 e. The van der Waals surface area contributed by atoms with Crippen molar-refractivity contribution < 1.29 is 0 Å². The Morgan fingerprint density at radius 2 is 2.00 bits per heavy atom. The van der Waals surface area contributed by atoms with Gasteiger partial charge < -0.3 is 4.90 Å². The van der Waals surface area contributed by atoms with Gasteiger partial charge in [0.1, 0.15) is 0 Å². The largest absolute Gasteiger partial charge is 0.309 e. The quantitative estimate of drug-likeness (QED) is 0.537. The van der Waals surface area contributed by atoms with Crippen molar-refractivity contribution in [3.8, 4) is 11.8 Å². The second-order valence-electron chi connectivity index (χ2n) is 2.89. The van der Waals surface area contributed by atoms with Crippen LogP contribution in [0.15, 0.2) is 0 Å². The van der Waals surface area contributed by atoms with Crippen molar-refractivity contribution >= 4 is 0 Å². The number of hydrogen-bond acceptors (Lipinski definition) is 1. The first-order valence-electron chi connectivity index (χ1n) is 3.73. The number of rotatable bonds is 3. The zero-order chi connectivity index (χ0) is 7.98. The van der Waals surface area contributed by atoms with Crippen LogP contribution in [0, 0.1) is 17.8 Å². The Morgan fingerprint density at radius 3 is 2.40 bits per heavy atom. The summed E-state index contributed by atoms with van der Waals surface area (Å²) >= 11 is 0. The van der Waals surface area contributed by atoms with Crippen LogP contribution in [0.25, 0.3) is 0 Å². The molecule has 0 aromatic carbocycles. The minimum absolute atomic E-state index is 0.549. The van der Waals surface area contributed by atoms with Gasteiger partial charge in [0.25, 0.3) is 0 Å². The molecule has 0 fully saturated rings. The van der Waals surface area contributed by atoms with E-state index in [0.29, 0.717) is 5.92 Å². The molecular formula is C9H17N. The summed E-state index contributed by atoms with van der Waals surface area (Å²) in [5.41, 5.74) is 0. The van der Waals surface area contributed by atoms with Gasteiger partial charge in [0.05, 0.1) is 0 Å². The third-order valence-electron chi connectivity index (χ3n) is 1.40. The molecule has 0 saturated heterocycles. The number of nitrogens with zero attached hydrogens (tertiary/aromatic N) is 1. The molecule has 0 amide bonds. The van der Waals surface area contributed by atoms with E-state index in [1.54, 1.807) is 0 Å². The minimum atomic E-state index is 0.549. The molecule has 0 bridgehead atoms. The van der Waals surface area contributed by atoms with Gasteiger partial charge in [-0.05, 0) is 34.0 Å². The third kappa shape index (κ3) is 5.65. The highest BCUT2D eigenvalue weighted by Gasteiger charge is 1.96. The summed E-state index contributed by atoms with van der Waals surface area (Å²) in [5, 5.41) is 0. The van der Waals surface area contributed by atoms with Gasteiger partial charge in [0, 0.05) is 5.92 Å². The van der Waals surface area contributed by atoms with Crippen LogP contribution < -0.4 is 0 Å². The van der Waals surface area contributed by atoms with Crippen LogP contribution in [0.2, 0.25) is 0 Å². The van der Waals surface area contributed by atoms with Crippen LogP contribution in [0.3, 0.4) is 0 Å². The first kappa shape index (κ1) is 9.52. The van der Waals surface area contributed by atoms with Crippen LogP contribution in [0.5, 0.6) is 0 Å². The average Bonchev–Trinajstić information content (AvgIpc) is 1.85. The zero-order valence-corrected chi connectivity index (χ0v) is 7.44. The molecular weight excluding hydrogens is 122 g/mol. The lowest BCUT2D eigenvalue weighted by Crippen LogP contribution is -2.14. The van der Waals surface area contributed by atoms with E-state index in [1.165, 1.54) is 6.42 Å². The zero-order valence-electron chi connectivity index (χ0n) is 7.44. The fourth-order valence-electron chi connectivity index (χ4n) is 0.770. The standard InChI is InChI=1S/C9H17N/c1-5-6-9(2)7-8-10(3)4/h9H,7-8H2,1-4H3. The van der Waals surface area contributed by atoms with Crippen LogP contribution in [0.4, 0.5) is 0 Å². The number of hydrogen-bond donors (Lipinski definition) is 0. The van der Waals surface area contributed by atoms with Gasteiger partial charge in [0.15, 0.2) is 0 Å². The van der Waals surface area contributed by atoms with Crippen molar-refractivity contribution in [3.63, 3.8) is 0 Å². The third-order valence-corrected chi connectivity index (χ3v) is 1.40. The van der Waals surface area contributed by atoms with Crippen molar-refractivity contribution in [3.05, 3.63) is 0 Å². The molecule has 1 unspecified atom stereocenters. The lowest BCUT2D eigenvalue weighted by molar-refractivity contribution is 0.382. The Morgan fingerprint density at radius 1 is 1.40 bits per heavy atom. The van der Waals surface area contributed by atoms with Gasteiger partial charge in [-0.25, -0.2) is 0 Å². The predicted octanol–water partition coefficient (Wildman–Crippen LogP) is 1.60. The van der Waals surface area contributed by atoms with Gasteiger partial charge in [-0.2, -0.15) is 0 Å². The van der Waals surface area contributed by atoms with E-state index in [-0.39, 0.29) is 0 Å². The molecule has 0 radical (unpaired) electrons. The van der Waals surface area contributed by atoms with Crippen LogP contribution >= 0.6 is 0 Å². The summed E-state index contributed by atoms with van der Waals surface area (Å²) in [4.78, 5) is 2.19. The maximum Gasteiger partial charge on any atom is 0.0186 e. The Labute approximate surface area is 64.4 Å². The van der Waals surface area contributed by atoms with Crippen molar-refractivity contribution in [2.24, 2.45) is 5.92 Å². The Bertz CT molecular complexity index is 127. The van der Waals surface area contributed by atoms with E-state index in [2.05, 4.69) is 37.8 Å². The second-order valence-corrected chi connectivity index (χ2v) is 2.89. The minimum Gasteiger partial charge on any atom is -0.309 e. The summed E-state index contributed by atoms with van der Waals surface area (Å²) in [6, 6.07) is 0. The topological polar surface area (TPSA) is 3.24 Å². The molecule has 1 heteroatoms. The maximum atomic E-state index is 3.12. The highest BCUT2D eigenvalue weighted by Crippen LogP contribution is 1.99. The van der Waals surface area contributed by atoms with Crippen molar-refractivity contribution in [1.82, 2.24) is 4.90 Å². The highest BCUT2D eigenvalue weighted by molar-refractivity contribution is 4.99. The first-order valence-corrected chi connectivity index (χ1v) is 3.73. The summed E-state index contributed by atoms with van der Waals surface area (Å²) in [6.07, 6.45) is 1.17. The van der Waals surface area contributed by atoms with Gasteiger partial charge in [-0.3, -0.25) is 0 Å². The Kier molecular flexibility index (Phi) is 5.06. The molecule has 1 nitrogen and oxygen atoms in total. The van der Waals surface area contributed by atoms with Crippen LogP contribution in [-0.2, 0) is 0 Å². The molecule has 0 rings (SSSR count). The summed E-state index contributed by atoms with van der Waals surface area (Å²) in [6.45, 7) is 5.20. The molecule has 0 spiro atoms. The van der Waals surface area contributed by atoms with Gasteiger partial charge >= 0.3 is 0 Å². The summed E-state index contributed by atoms with van der Waals surface area (Å²) in [7, 11) is 4.18. The molecule has 10 heavy (non-hydrogen) atoms. The lowest BCUT2D eigenvalue weighted by Gasteiger charge is -2.10. The van der Waals surface area contributed by atoms with E-state index in [4.69, 9.17) is 0 Å². The van der Waals surface area contributed by atoms with E-state index in [0.717, 1.165) is 6.54 Å². The fraction of sp³-hybridized carbons (Fsp3) is 0.778. The molecule has 0 aliphatic carbocycles. The summed E-state index contributed by atoms with van der Waals surface area (Å²) in [5.74, 6) is 6.60. The van der Waals surface area contributed by atoms with E-state index < -0.39 is 0 Å². The highest BCUT2D eigenvalue weighted by atomic mass is 15.0. The molecule has 0 N–H and O–H groups in total. The van der Waals surface area contributed by atoms with Crippen molar-refractivity contribution in [2.45, 2.75) is 20.3 Å². The normalized spacial score (nSPS) is 12.5. The molecule has 0 aromatic rings. The van der Waals surface area contributed by atoms with E-state index in [1.807, 2.05) is 6.92 Å².